The third-order valence-electron chi connectivity index (χ3n) is 2.25. The molecule has 1 saturated carbocycles. The minimum absolute atomic E-state index is 0.0176. The van der Waals surface area contributed by atoms with Crippen LogP contribution in [0, 0.1) is 5.92 Å². The van der Waals surface area contributed by atoms with Gasteiger partial charge in [-0.1, -0.05) is 5.16 Å². The van der Waals surface area contributed by atoms with E-state index in [2.05, 4.69) is 10.1 Å². The van der Waals surface area contributed by atoms with Gasteiger partial charge in [0.15, 0.2) is 5.82 Å². The second-order valence-electron chi connectivity index (χ2n) is 3.70. The number of hydrogen-bond acceptors (Lipinski definition) is 4. The summed E-state index contributed by atoms with van der Waals surface area (Å²) in [4.78, 5) is 14.6. The number of rotatable bonds is 5. The maximum absolute atomic E-state index is 11.9. The van der Waals surface area contributed by atoms with Crippen LogP contribution in [0.3, 0.4) is 0 Å². The average molecular weight is 216 g/mol. The van der Waals surface area contributed by atoms with Crippen LogP contribution in [0.2, 0.25) is 0 Å². The van der Waals surface area contributed by atoms with E-state index in [9.17, 15) is 13.6 Å². The zero-order valence-corrected chi connectivity index (χ0v) is 7.95. The summed E-state index contributed by atoms with van der Waals surface area (Å²) in [6.45, 7) is 0. The summed E-state index contributed by atoms with van der Waals surface area (Å²) < 4.78 is 28.5. The Bertz CT molecular complexity index is 361. The normalized spacial score (nSPS) is 15.9. The van der Waals surface area contributed by atoms with Crippen LogP contribution < -0.4 is 0 Å². The van der Waals surface area contributed by atoms with Crippen LogP contribution in [0.1, 0.15) is 24.6 Å². The van der Waals surface area contributed by atoms with Gasteiger partial charge in [-0.25, -0.2) is 8.78 Å². The van der Waals surface area contributed by atoms with Crippen LogP contribution in [0.15, 0.2) is 4.52 Å². The zero-order chi connectivity index (χ0) is 10.8. The van der Waals surface area contributed by atoms with Crippen LogP contribution in [0.25, 0.3) is 0 Å². The van der Waals surface area contributed by atoms with Crippen molar-refractivity contribution in [2.24, 2.45) is 5.92 Å². The number of nitrogens with zero attached hydrogens (tertiary/aromatic N) is 2. The van der Waals surface area contributed by atoms with Gasteiger partial charge in [0.1, 0.15) is 0 Å². The predicted octanol–water partition coefficient (Wildman–Crippen LogP) is 1.40. The molecule has 0 atom stereocenters. The molecule has 1 aliphatic rings. The number of aromatic nitrogens is 2. The van der Waals surface area contributed by atoms with Gasteiger partial charge in [0.05, 0.1) is 6.42 Å². The lowest BCUT2D eigenvalue weighted by Gasteiger charge is -1.92. The van der Waals surface area contributed by atoms with E-state index in [-0.39, 0.29) is 5.89 Å². The van der Waals surface area contributed by atoms with E-state index in [1.54, 1.807) is 0 Å². The minimum Gasteiger partial charge on any atom is -0.339 e. The number of Topliss-reactive ketones (excluding diaryl/α,β-unsaturated/α-hetero) is 1. The highest BCUT2D eigenvalue weighted by Crippen LogP contribution is 2.31. The molecule has 0 spiro atoms. The minimum atomic E-state index is -2.97. The first-order valence-corrected chi connectivity index (χ1v) is 4.77. The van der Waals surface area contributed by atoms with E-state index in [1.165, 1.54) is 0 Å². The van der Waals surface area contributed by atoms with Crippen molar-refractivity contribution < 1.29 is 18.1 Å². The van der Waals surface area contributed by atoms with Crippen LogP contribution >= 0.6 is 0 Å². The molecule has 1 heterocycles. The van der Waals surface area contributed by atoms with Crippen LogP contribution in [0.4, 0.5) is 8.78 Å². The topological polar surface area (TPSA) is 56.0 Å². The third-order valence-corrected chi connectivity index (χ3v) is 2.25. The molecule has 1 fully saturated rings. The molecule has 0 saturated heterocycles. The number of alkyl halides is 2. The number of carbonyl (C=O) groups is 1. The van der Waals surface area contributed by atoms with E-state index in [0.29, 0.717) is 18.2 Å². The van der Waals surface area contributed by atoms with Gasteiger partial charge in [-0.3, -0.25) is 4.79 Å². The van der Waals surface area contributed by atoms with Crippen molar-refractivity contribution in [3.63, 3.8) is 0 Å². The van der Waals surface area contributed by atoms with Gasteiger partial charge in [-0.05, 0) is 18.8 Å². The van der Waals surface area contributed by atoms with Crippen molar-refractivity contribution in [3.8, 4) is 0 Å². The Hall–Kier alpha value is -1.33. The van der Waals surface area contributed by atoms with Gasteiger partial charge in [-0.15, -0.1) is 0 Å². The summed E-state index contributed by atoms with van der Waals surface area (Å²) >= 11 is 0. The highest BCUT2D eigenvalue weighted by molar-refractivity contribution is 5.82. The summed E-state index contributed by atoms with van der Waals surface area (Å²) in [5.74, 6) is -0.0941. The lowest BCUT2D eigenvalue weighted by Crippen LogP contribution is -2.13. The van der Waals surface area contributed by atoms with Gasteiger partial charge in [0.2, 0.25) is 11.7 Å². The van der Waals surface area contributed by atoms with Crippen molar-refractivity contribution in [2.75, 3.05) is 0 Å². The fourth-order valence-corrected chi connectivity index (χ4v) is 1.25. The summed E-state index contributed by atoms with van der Waals surface area (Å²) in [5.41, 5.74) is 0. The first-order chi connectivity index (χ1) is 7.15. The summed E-state index contributed by atoms with van der Waals surface area (Å²) in [5, 5.41) is 3.63. The zero-order valence-electron chi connectivity index (χ0n) is 7.95. The van der Waals surface area contributed by atoms with Crippen molar-refractivity contribution >= 4 is 5.78 Å². The number of ketones is 1. The molecule has 82 valence electrons. The first kappa shape index (κ1) is 10.2. The fraction of sp³-hybridized carbons (Fsp3) is 0.667. The Balaban J connectivity index is 1.91. The molecular formula is C9H10F2N2O2. The molecule has 0 radical (unpaired) electrons. The van der Waals surface area contributed by atoms with E-state index >= 15 is 0 Å². The largest absolute Gasteiger partial charge is 0.339 e. The fourth-order valence-electron chi connectivity index (χ4n) is 1.25. The monoisotopic (exact) mass is 216 g/mol. The molecule has 1 aromatic heterocycles. The third kappa shape index (κ3) is 2.81. The number of hydrogen-bond donors (Lipinski definition) is 0. The molecule has 6 heteroatoms. The first-order valence-electron chi connectivity index (χ1n) is 4.77. The highest BCUT2D eigenvalue weighted by atomic mass is 19.3. The van der Waals surface area contributed by atoms with Gasteiger partial charge in [0.25, 0.3) is 6.43 Å². The molecule has 0 aliphatic heterocycles. The number of halogens is 2. The highest BCUT2D eigenvalue weighted by Gasteiger charge is 2.25. The lowest BCUT2D eigenvalue weighted by atomic mass is 10.3. The van der Waals surface area contributed by atoms with Gasteiger partial charge in [0, 0.05) is 6.42 Å². The molecule has 0 N–H and O–H groups in total. The molecule has 0 bridgehead atoms. The second kappa shape index (κ2) is 4.04. The van der Waals surface area contributed by atoms with Crippen molar-refractivity contribution in [3.05, 3.63) is 11.7 Å². The maximum atomic E-state index is 11.9. The van der Waals surface area contributed by atoms with Crippen molar-refractivity contribution in [2.45, 2.75) is 32.1 Å². The summed E-state index contributed by atoms with van der Waals surface area (Å²) in [6, 6.07) is 0. The second-order valence-corrected chi connectivity index (χ2v) is 3.70. The van der Waals surface area contributed by atoms with Crippen LogP contribution in [0.5, 0.6) is 0 Å². The Morgan fingerprint density at radius 3 is 2.87 bits per heavy atom. The Labute approximate surface area is 84.7 Å². The molecular weight excluding hydrogens is 206 g/mol. The predicted molar refractivity (Wildman–Crippen MR) is 45.4 cm³/mol. The van der Waals surface area contributed by atoms with Gasteiger partial charge >= 0.3 is 0 Å². The van der Waals surface area contributed by atoms with Crippen LogP contribution in [-0.2, 0) is 17.6 Å². The van der Waals surface area contributed by atoms with Crippen molar-refractivity contribution in [1.29, 1.82) is 0 Å². The molecule has 4 nitrogen and oxygen atoms in total. The van der Waals surface area contributed by atoms with Gasteiger partial charge in [-0.2, -0.15) is 4.98 Å². The Morgan fingerprint density at radius 2 is 2.27 bits per heavy atom. The molecule has 1 aromatic rings. The quantitative estimate of drug-likeness (QED) is 0.746. The molecule has 0 unspecified atom stereocenters. The standard InChI is InChI=1S/C9H10F2N2O2/c10-9(11)6(14)4-8-12-7(13-15-8)3-5-1-2-5/h5,9H,1-4H2. The Kier molecular flexibility index (Phi) is 2.75. The summed E-state index contributed by atoms with van der Waals surface area (Å²) in [6.07, 6.45) is -0.426. The van der Waals surface area contributed by atoms with Gasteiger partial charge < -0.3 is 4.52 Å². The molecule has 2 rings (SSSR count). The smallest absolute Gasteiger partial charge is 0.296 e. The molecule has 0 aromatic carbocycles. The van der Waals surface area contributed by atoms with Crippen LogP contribution in [-0.4, -0.2) is 22.3 Å². The Morgan fingerprint density at radius 1 is 1.53 bits per heavy atom. The van der Waals surface area contributed by atoms with E-state index in [4.69, 9.17) is 4.52 Å². The van der Waals surface area contributed by atoms with Crippen molar-refractivity contribution in [1.82, 2.24) is 10.1 Å². The molecule has 1 aliphatic carbocycles. The van der Waals surface area contributed by atoms with E-state index in [0.717, 1.165) is 12.8 Å². The number of carbonyl (C=O) groups excluding carboxylic acids is 1. The van der Waals surface area contributed by atoms with E-state index < -0.39 is 18.6 Å². The summed E-state index contributed by atoms with van der Waals surface area (Å²) in [7, 11) is 0. The maximum Gasteiger partial charge on any atom is 0.296 e. The average Bonchev–Trinajstić information content (AvgIpc) is 2.87. The lowest BCUT2D eigenvalue weighted by molar-refractivity contribution is -0.129. The molecule has 0 amide bonds. The molecule has 15 heavy (non-hydrogen) atoms. The van der Waals surface area contributed by atoms with E-state index in [1.807, 2.05) is 0 Å². The SMILES string of the molecule is O=C(Cc1nc(CC2CC2)no1)C(F)F.